The fourth-order valence-corrected chi connectivity index (χ4v) is 4.12. The van der Waals surface area contributed by atoms with Gasteiger partial charge in [0, 0.05) is 19.6 Å². The molecule has 2 heterocycles. The third kappa shape index (κ3) is 4.64. The SMILES string of the molecule is Cc1cccc(NCCCCC2CCNCC2)c1N1CCC(O)C1. The molecule has 2 fully saturated rings. The maximum absolute atomic E-state index is 9.85. The molecule has 3 N–H and O–H groups in total. The van der Waals surface area contributed by atoms with E-state index in [2.05, 4.69) is 40.7 Å². The van der Waals surface area contributed by atoms with E-state index in [1.165, 1.54) is 62.1 Å². The van der Waals surface area contributed by atoms with Gasteiger partial charge in [0.25, 0.3) is 0 Å². The van der Waals surface area contributed by atoms with E-state index in [0.29, 0.717) is 0 Å². The summed E-state index contributed by atoms with van der Waals surface area (Å²) in [6.45, 7) is 7.33. The minimum absolute atomic E-state index is 0.178. The van der Waals surface area contributed by atoms with Crippen LogP contribution in [0.1, 0.15) is 44.1 Å². The number of piperidine rings is 1. The number of rotatable bonds is 7. The van der Waals surface area contributed by atoms with Crippen LogP contribution >= 0.6 is 0 Å². The van der Waals surface area contributed by atoms with Gasteiger partial charge in [-0.15, -0.1) is 0 Å². The number of β-amino-alcohol motifs (C(OH)–C–C–N with tert-alkyl or cyclic N) is 1. The Balaban J connectivity index is 1.47. The third-order valence-electron chi connectivity index (χ3n) is 5.53. The molecule has 0 spiro atoms. The Morgan fingerprint density at radius 2 is 2.04 bits per heavy atom. The monoisotopic (exact) mass is 331 g/mol. The minimum Gasteiger partial charge on any atom is -0.391 e. The summed E-state index contributed by atoms with van der Waals surface area (Å²) in [7, 11) is 0. The van der Waals surface area contributed by atoms with Gasteiger partial charge in [0.15, 0.2) is 0 Å². The lowest BCUT2D eigenvalue weighted by atomic mass is 9.92. The average Bonchev–Trinajstić information content (AvgIpc) is 3.01. The van der Waals surface area contributed by atoms with Crippen molar-refractivity contribution in [2.24, 2.45) is 5.92 Å². The number of nitrogens with zero attached hydrogens (tertiary/aromatic N) is 1. The summed E-state index contributed by atoms with van der Waals surface area (Å²) in [6, 6.07) is 6.48. The van der Waals surface area contributed by atoms with Crippen molar-refractivity contribution in [2.45, 2.75) is 51.6 Å². The second kappa shape index (κ2) is 8.72. The molecule has 0 aliphatic carbocycles. The Bertz CT molecular complexity index is 514. The van der Waals surface area contributed by atoms with Crippen LogP contribution < -0.4 is 15.5 Å². The predicted molar refractivity (Wildman–Crippen MR) is 102 cm³/mol. The molecule has 0 radical (unpaired) electrons. The number of aliphatic hydroxyl groups is 1. The number of hydrogen-bond acceptors (Lipinski definition) is 4. The van der Waals surface area contributed by atoms with E-state index in [1.807, 2.05) is 0 Å². The third-order valence-corrected chi connectivity index (χ3v) is 5.53. The number of aliphatic hydroxyl groups excluding tert-OH is 1. The molecular weight excluding hydrogens is 298 g/mol. The Morgan fingerprint density at radius 3 is 2.79 bits per heavy atom. The maximum atomic E-state index is 9.85. The van der Waals surface area contributed by atoms with Gasteiger partial charge in [-0.1, -0.05) is 25.0 Å². The van der Waals surface area contributed by atoms with Crippen molar-refractivity contribution in [1.82, 2.24) is 5.32 Å². The van der Waals surface area contributed by atoms with E-state index in [0.717, 1.165) is 32.0 Å². The molecule has 4 nitrogen and oxygen atoms in total. The molecule has 24 heavy (non-hydrogen) atoms. The Kier molecular flexibility index (Phi) is 6.38. The van der Waals surface area contributed by atoms with Gasteiger partial charge >= 0.3 is 0 Å². The van der Waals surface area contributed by atoms with Crippen molar-refractivity contribution in [3.05, 3.63) is 23.8 Å². The average molecular weight is 332 g/mol. The van der Waals surface area contributed by atoms with Crippen LogP contribution in [0.4, 0.5) is 11.4 Å². The zero-order valence-electron chi connectivity index (χ0n) is 15.1. The Morgan fingerprint density at radius 1 is 1.21 bits per heavy atom. The molecule has 3 rings (SSSR count). The van der Waals surface area contributed by atoms with Crippen LogP contribution in [0.25, 0.3) is 0 Å². The van der Waals surface area contributed by atoms with Crippen molar-refractivity contribution < 1.29 is 5.11 Å². The first-order chi connectivity index (χ1) is 11.7. The van der Waals surface area contributed by atoms with Crippen molar-refractivity contribution >= 4 is 11.4 Å². The molecule has 0 bridgehead atoms. The lowest BCUT2D eigenvalue weighted by Crippen LogP contribution is -2.27. The van der Waals surface area contributed by atoms with Gasteiger partial charge in [0.05, 0.1) is 17.5 Å². The highest BCUT2D eigenvalue weighted by molar-refractivity contribution is 5.74. The van der Waals surface area contributed by atoms with E-state index in [9.17, 15) is 5.11 Å². The molecule has 2 aliphatic heterocycles. The highest BCUT2D eigenvalue weighted by atomic mass is 16.3. The number of aryl methyl sites for hydroxylation is 1. The normalized spacial score (nSPS) is 22.1. The number of nitrogens with one attached hydrogen (secondary N) is 2. The first kappa shape index (κ1) is 17.6. The van der Waals surface area contributed by atoms with Gasteiger partial charge in [0.1, 0.15) is 0 Å². The van der Waals surface area contributed by atoms with Crippen LogP contribution in [0.15, 0.2) is 18.2 Å². The zero-order valence-corrected chi connectivity index (χ0v) is 15.1. The molecule has 1 atom stereocenters. The standard InChI is InChI=1S/C20H33N3O/c1-16-5-4-7-19(20(16)23-14-10-18(24)15-23)22-11-3-2-6-17-8-12-21-13-9-17/h4-5,7,17-18,21-22,24H,2-3,6,8-15H2,1H3. The molecule has 1 aromatic rings. The summed E-state index contributed by atoms with van der Waals surface area (Å²) in [4.78, 5) is 2.33. The molecule has 0 amide bonds. The minimum atomic E-state index is -0.178. The van der Waals surface area contributed by atoms with Crippen molar-refractivity contribution in [2.75, 3.05) is 42.9 Å². The van der Waals surface area contributed by atoms with Gasteiger partial charge < -0.3 is 20.6 Å². The molecule has 134 valence electrons. The van der Waals surface area contributed by atoms with Crippen LogP contribution in [0, 0.1) is 12.8 Å². The number of hydrogen-bond donors (Lipinski definition) is 3. The van der Waals surface area contributed by atoms with Crippen molar-refractivity contribution in [3.8, 4) is 0 Å². The van der Waals surface area contributed by atoms with Crippen molar-refractivity contribution in [3.63, 3.8) is 0 Å². The number of para-hydroxylation sites is 1. The van der Waals surface area contributed by atoms with Crippen LogP contribution in [0.5, 0.6) is 0 Å². The summed E-state index contributed by atoms with van der Waals surface area (Å²) < 4.78 is 0. The highest BCUT2D eigenvalue weighted by Gasteiger charge is 2.23. The lowest BCUT2D eigenvalue weighted by Gasteiger charge is -2.25. The molecule has 2 aliphatic rings. The summed E-state index contributed by atoms with van der Waals surface area (Å²) in [5, 5.41) is 16.9. The van der Waals surface area contributed by atoms with Gasteiger partial charge in [-0.25, -0.2) is 0 Å². The number of anilines is 2. The van der Waals surface area contributed by atoms with Crippen LogP contribution in [0.3, 0.4) is 0 Å². The van der Waals surface area contributed by atoms with Crippen LogP contribution in [0.2, 0.25) is 0 Å². The van der Waals surface area contributed by atoms with E-state index in [4.69, 9.17) is 0 Å². The molecule has 4 heteroatoms. The second-order valence-electron chi connectivity index (χ2n) is 7.48. The quantitative estimate of drug-likeness (QED) is 0.672. The molecule has 2 saturated heterocycles. The predicted octanol–water partition coefficient (Wildman–Crippen LogP) is 3.15. The number of unbranched alkanes of at least 4 members (excludes halogenated alkanes) is 1. The van der Waals surface area contributed by atoms with E-state index < -0.39 is 0 Å². The largest absolute Gasteiger partial charge is 0.391 e. The molecule has 1 aromatic carbocycles. The first-order valence-electron chi connectivity index (χ1n) is 9.71. The van der Waals surface area contributed by atoms with Gasteiger partial charge in [-0.3, -0.25) is 0 Å². The fraction of sp³-hybridized carbons (Fsp3) is 0.700. The Hall–Kier alpha value is -1.26. The van der Waals surface area contributed by atoms with Gasteiger partial charge in [-0.2, -0.15) is 0 Å². The van der Waals surface area contributed by atoms with Gasteiger partial charge in [0.2, 0.25) is 0 Å². The molecular formula is C20H33N3O. The maximum Gasteiger partial charge on any atom is 0.0731 e. The van der Waals surface area contributed by atoms with Crippen LogP contribution in [-0.2, 0) is 0 Å². The molecule has 0 aromatic heterocycles. The Labute approximate surface area is 146 Å². The first-order valence-corrected chi connectivity index (χ1v) is 9.71. The molecule has 0 saturated carbocycles. The van der Waals surface area contributed by atoms with E-state index in [-0.39, 0.29) is 6.10 Å². The number of benzene rings is 1. The van der Waals surface area contributed by atoms with Gasteiger partial charge in [-0.05, 0) is 63.2 Å². The molecule has 1 unspecified atom stereocenters. The van der Waals surface area contributed by atoms with Crippen molar-refractivity contribution in [1.29, 1.82) is 0 Å². The fourth-order valence-electron chi connectivity index (χ4n) is 4.12. The summed E-state index contributed by atoms with van der Waals surface area (Å²) >= 11 is 0. The summed E-state index contributed by atoms with van der Waals surface area (Å²) in [6.07, 6.45) is 7.34. The zero-order chi connectivity index (χ0) is 16.8. The second-order valence-corrected chi connectivity index (χ2v) is 7.48. The highest BCUT2D eigenvalue weighted by Crippen LogP contribution is 2.32. The topological polar surface area (TPSA) is 47.5 Å². The summed E-state index contributed by atoms with van der Waals surface area (Å²) in [5.41, 5.74) is 3.81. The smallest absolute Gasteiger partial charge is 0.0731 e. The summed E-state index contributed by atoms with van der Waals surface area (Å²) in [5.74, 6) is 0.937. The van der Waals surface area contributed by atoms with E-state index in [1.54, 1.807) is 0 Å². The lowest BCUT2D eigenvalue weighted by molar-refractivity contribution is 0.198. The van der Waals surface area contributed by atoms with Crippen LogP contribution in [-0.4, -0.2) is 43.9 Å². The van der Waals surface area contributed by atoms with E-state index >= 15 is 0 Å².